The predicted molar refractivity (Wildman–Crippen MR) is 101 cm³/mol. The maximum atomic E-state index is 12.1. The number of benzene rings is 2. The van der Waals surface area contributed by atoms with Gasteiger partial charge in [0.15, 0.2) is 0 Å². The SMILES string of the molecule is COc1cccc(-c2nc(COC(=O)c3ccc(Cl)c([N+](=O)[O-])c3)cs2)c1. The van der Waals surface area contributed by atoms with Crippen LogP contribution in [0.2, 0.25) is 5.02 Å². The average molecular weight is 405 g/mol. The standard InChI is InChI=1S/C18H13ClN2O5S/c1-25-14-4-2-3-11(7-14)17-20-13(10-27-17)9-26-18(22)12-5-6-15(19)16(8-12)21(23)24/h2-8,10H,9H2,1H3. The molecule has 0 aliphatic carbocycles. The van der Waals surface area contributed by atoms with Gasteiger partial charge in [-0.2, -0.15) is 0 Å². The minimum absolute atomic E-state index is 0.0426. The topological polar surface area (TPSA) is 91.6 Å². The Balaban J connectivity index is 1.69. The summed E-state index contributed by atoms with van der Waals surface area (Å²) in [4.78, 5) is 26.8. The van der Waals surface area contributed by atoms with Gasteiger partial charge in [-0.3, -0.25) is 10.1 Å². The monoisotopic (exact) mass is 404 g/mol. The highest BCUT2D eigenvalue weighted by Crippen LogP contribution is 2.28. The van der Waals surface area contributed by atoms with Crippen LogP contribution < -0.4 is 4.74 Å². The lowest BCUT2D eigenvalue weighted by Gasteiger charge is -2.04. The zero-order chi connectivity index (χ0) is 19.4. The maximum Gasteiger partial charge on any atom is 0.338 e. The molecule has 0 bridgehead atoms. The number of nitrogens with zero attached hydrogens (tertiary/aromatic N) is 2. The first-order valence-corrected chi connectivity index (χ1v) is 8.93. The molecule has 0 N–H and O–H groups in total. The number of hydrogen-bond acceptors (Lipinski definition) is 7. The molecule has 0 amide bonds. The summed E-state index contributed by atoms with van der Waals surface area (Å²) in [6.07, 6.45) is 0. The quantitative estimate of drug-likeness (QED) is 0.335. The Labute approximate surface area is 163 Å². The fourth-order valence-electron chi connectivity index (χ4n) is 2.26. The van der Waals surface area contributed by atoms with Crippen LogP contribution in [0.5, 0.6) is 5.75 Å². The van der Waals surface area contributed by atoms with Gasteiger partial charge in [-0.05, 0) is 24.3 Å². The zero-order valence-corrected chi connectivity index (χ0v) is 15.6. The van der Waals surface area contributed by atoms with E-state index in [2.05, 4.69) is 4.98 Å². The van der Waals surface area contributed by atoms with Crippen molar-refractivity contribution in [1.29, 1.82) is 0 Å². The van der Waals surface area contributed by atoms with Crippen molar-refractivity contribution in [3.63, 3.8) is 0 Å². The number of nitro groups is 1. The lowest BCUT2D eigenvalue weighted by atomic mass is 10.2. The number of hydrogen-bond donors (Lipinski definition) is 0. The average Bonchev–Trinajstić information content (AvgIpc) is 3.15. The molecule has 27 heavy (non-hydrogen) atoms. The van der Waals surface area contributed by atoms with Gasteiger partial charge in [-0.25, -0.2) is 9.78 Å². The highest BCUT2D eigenvalue weighted by Gasteiger charge is 2.17. The summed E-state index contributed by atoms with van der Waals surface area (Å²) >= 11 is 7.15. The van der Waals surface area contributed by atoms with E-state index in [0.717, 1.165) is 22.4 Å². The Morgan fingerprint density at radius 1 is 1.30 bits per heavy atom. The van der Waals surface area contributed by atoms with Crippen molar-refractivity contribution < 1.29 is 19.2 Å². The van der Waals surface area contributed by atoms with Crippen LogP contribution in [-0.4, -0.2) is 23.0 Å². The molecule has 0 unspecified atom stereocenters. The van der Waals surface area contributed by atoms with Gasteiger partial charge in [0.05, 0.1) is 23.3 Å². The number of esters is 1. The Kier molecular flexibility index (Phi) is 5.68. The van der Waals surface area contributed by atoms with Gasteiger partial charge in [0.1, 0.15) is 22.4 Å². The van der Waals surface area contributed by atoms with Crippen LogP contribution in [0.3, 0.4) is 0 Å². The highest BCUT2D eigenvalue weighted by molar-refractivity contribution is 7.13. The van der Waals surface area contributed by atoms with Crippen LogP contribution in [0.25, 0.3) is 10.6 Å². The van der Waals surface area contributed by atoms with E-state index in [9.17, 15) is 14.9 Å². The van der Waals surface area contributed by atoms with Gasteiger partial charge in [0.2, 0.25) is 0 Å². The molecular weight excluding hydrogens is 392 g/mol. The van der Waals surface area contributed by atoms with E-state index in [4.69, 9.17) is 21.1 Å². The van der Waals surface area contributed by atoms with E-state index in [1.807, 2.05) is 24.3 Å². The van der Waals surface area contributed by atoms with Gasteiger partial charge < -0.3 is 9.47 Å². The molecule has 0 spiro atoms. The molecule has 3 aromatic rings. The van der Waals surface area contributed by atoms with Crippen molar-refractivity contribution in [2.45, 2.75) is 6.61 Å². The van der Waals surface area contributed by atoms with Crippen LogP contribution in [0.4, 0.5) is 5.69 Å². The van der Waals surface area contributed by atoms with Crippen molar-refractivity contribution in [3.8, 4) is 16.3 Å². The Morgan fingerprint density at radius 2 is 2.11 bits per heavy atom. The number of rotatable bonds is 6. The third-order valence-electron chi connectivity index (χ3n) is 3.60. The molecule has 1 aromatic heterocycles. The van der Waals surface area contributed by atoms with Crippen LogP contribution in [0.1, 0.15) is 16.1 Å². The van der Waals surface area contributed by atoms with Crippen LogP contribution >= 0.6 is 22.9 Å². The van der Waals surface area contributed by atoms with E-state index in [1.54, 1.807) is 12.5 Å². The molecule has 3 rings (SSSR count). The zero-order valence-electron chi connectivity index (χ0n) is 14.0. The number of halogens is 1. The molecule has 1 heterocycles. The minimum atomic E-state index is -0.689. The van der Waals surface area contributed by atoms with Crippen LogP contribution in [0, 0.1) is 10.1 Å². The molecule has 0 radical (unpaired) electrons. The van der Waals surface area contributed by atoms with E-state index in [1.165, 1.54) is 23.5 Å². The molecule has 0 saturated carbocycles. The number of thiazole rings is 1. The molecule has 0 saturated heterocycles. The second-order valence-electron chi connectivity index (χ2n) is 5.38. The predicted octanol–water partition coefficient (Wildman–Crippen LogP) is 4.74. The molecule has 138 valence electrons. The van der Waals surface area contributed by atoms with Crippen molar-refractivity contribution in [3.05, 3.63) is 74.2 Å². The molecule has 9 heteroatoms. The van der Waals surface area contributed by atoms with Gasteiger partial charge in [0.25, 0.3) is 5.69 Å². The van der Waals surface area contributed by atoms with Crippen molar-refractivity contribution in [1.82, 2.24) is 4.98 Å². The Bertz CT molecular complexity index is 1000. The summed E-state index contributed by atoms with van der Waals surface area (Å²) in [5, 5.41) is 13.4. The summed E-state index contributed by atoms with van der Waals surface area (Å²) < 4.78 is 10.4. The summed E-state index contributed by atoms with van der Waals surface area (Å²) in [5.74, 6) is 0.0331. The van der Waals surface area contributed by atoms with Crippen LogP contribution in [0.15, 0.2) is 47.8 Å². The summed E-state index contributed by atoms with van der Waals surface area (Å²) in [5.41, 5.74) is 1.18. The number of carbonyl (C=O) groups is 1. The van der Waals surface area contributed by atoms with Gasteiger partial charge in [0, 0.05) is 17.0 Å². The number of nitro benzene ring substituents is 1. The van der Waals surface area contributed by atoms with Crippen molar-refractivity contribution in [2.75, 3.05) is 7.11 Å². The first-order chi connectivity index (χ1) is 13.0. The Morgan fingerprint density at radius 3 is 2.85 bits per heavy atom. The Hall–Kier alpha value is -2.97. The van der Waals surface area contributed by atoms with E-state index < -0.39 is 10.9 Å². The maximum absolute atomic E-state index is 12.1. The highest BCUT2D eigenvalue weighted by atomic mass is 35.5. The lowest BCUT2D eigenvalue weighted by molar-refractivity contribution is -0.384. The second-order valence-corrected chi connectivity index (χ2v) is 6.64. The van der Waals surface area contributed by atoms with E-state index in [0.29, 0.717) is 5.69 Å². The molecule has 2 aromatic carbocycles. The third kappa shape index (κ3) is 4.42. The van der Waals surface area contributed by atoms with Gasteiger partial charge in [-0.15, -0.1) is 11.3 Å². The van der Waals surface area contributed by atoms with Gasteiger partial charge in [-0.1, -0.05) is 23.7 Å². The normalized spacial score (nSPS) is 10.4. The van der Waals surface area contributed by atoms with E-state index >= 15 is 0 Å². The largest absolute Gasteiger partial charge is 0.497 e. The van der Waals surface area contributed by atoms with Crippen molar-refractivity contribution in [2.24, 2.45) is 0 Å². The number of carbonyl (C=O) groups excluding carboxylic acids is 1. The number of methoxy groups -OCH3 is 1. The first kappa shape index (κ1) is 18.8. The number of aromatic nitrogens is 1. The van der Waals surface area contributed by atoms with E-state index in [-0.39, 0.29) is 22.9 Å². The second kappa shape index (κ2) is 8.15. The molecular formula is C18H13ClN2O5S. The smallest absolute Gasteiger partial charge is 0.338 e. The fourth-order valence-corrected chi connectivity index (χ4v) is 3.25. The van der Waals surface area contributed by atoms with Crippen molar-refractivity contribution >= 4 is 34.6 Å². The molecule has 0 fully saturated rings. The minimum Gasteiger partial charge on any atom is -0.497 e. The third-order valence-corrected chi connectivity index (χ3v) is 4.86. The van der Waals surface area contributed by atoms with Gasteiger partial charge >= 0.3 is 5.97 Å². The lowest BCUT2D eigenvalue weighted by Crippen LogP contribution is -2.06. The summed E-state index contributed by atoms with van der Waals surface area (Å²) in [6.45, 7) is -0.0459. The number of ether oxygens (including phenoxy) is 2. The molecule has 0 aliphatic heterocycles. The summed E-state index contributed by atoms with van der Waals surface area (Å²) in [6, 6.07) is 11.2. The molecule has 0 atom stereocenters. The first-order valence-electron chi connectivity index (χ1n) is 7.68. The van der Waals surface area contributed by atoms with Crippen LogP contribution in [-0.2, 0) is 11.3 Å². The molecule has 0 aliphatic rings. The fraction of sp³-hybridized carbons (Fsp3) is 0.111. The molecule has 7 nitrogen and oxygen atoms in total. The summed E-state index contributed by atoms with van der Waals surface area (Å²) in [7, 11) is 1.59.